The van der Waals surface area contributed by atoms with Crippen molar-refractivity contribution in [3.63, 3.8) is 0 Å². The number of nitrogens with zero attached hydrogens (tertiary/aromatic N) is 2. The fraction of sp³-hybridized carbons (Fsp3) is 0.667. The maximum absolute atomic E-state index is 11.4. The second-order valence-electron chi connectivity index (χ2n) is 4.52. The minimum Gasteiger partial charge on any atom is -0.370 e. The van der Waals surface area contributed by atoms with Gasteiger partial charge in [0.1, 0.15) is 0 Å². The van der Waals surface area contributed by atoms with E-state index in [0.29, 0.717) is 18.0 Å². The van der Waals surface area contributed by atoms with Gasteiger partial charge in [-0.15, -0.1) is 5.06 Å². The Kier molecular flexibility index (Phi) is 6.48. The van der Waals surface area contributed by atoms with Gasteiger partial charge in [0.15, 0.2) is 5.96 Å². The van der Waals surface area contributed by atoms with Crippen LogP contribution in [0.1, 0.15) is 44.9 Å². The molecule has 1 saturated heterocycles. The largest absolute Gasteiger partial charge is 0.370 e. The SMILES string of the molecule is NC(N)=NCCCCCCC(=O)ON1C(=O)CCC1=O. The summed E-state index contributed by atoms with van der Waals surface area (Å²) in [6, 6.07) is 0. The lowest BCUT2D eigenvalue weighted by Crippen LogP contribution is -2.31. The molecular weight excluding hydrogens is 264 g/mol. The van der Waals surface area contributed by atoms with Gasteiger partial charge in [-0.2, -0.15) is 0 Å². The Balaban J connectivity index is 2.07. The van der Waals surface area contributed by atoms with E-state index in [-0.39, 0.29) is 25.2 Å². The minimum atomic E-state index is -0.558. The van der Waals surface area contributed by atoms with Crippen LogP contribution in [0.5, 0.6) is 0 Å². The van der Waals surface area contributed by atoms with E-state index >= 15 is 0 Å². The van der Waals surface area contributed by atoms with Crippen molar-refractivity contribution < 1.29 is 19.2 Å². The van der Waals surface area contributed by atoms with Crippen molar-refractivity contribution in [3.8, 4) is 0 Å². The monoisotopic (exact) mass is 284 g/mol. The quantitative estimate of drug-likeness (QED) is 0.275. The Morgan fingerprint density at radius 3 is 2.30 bits per heavy atom. The fourth-order valence-electron chi connectivity index (χ4n) is 1.75. The maximum Gasteiger partial charge on any atom is 0.333 e. The first kappa shape index (κ1) is 15.9. The maximum atomic E-state index is 11.4. The number of aliphatic imine (C=N–C) groups is 1. The first-order valence-electron chi connectivity index (χ1n) is 6.62. The van der Waals surface area contributed by atoms with Gasteiger partial charge in [0.25, 0.3) is 11.8 Å². The molecule has 1 aliphatic rings. The number of nitrogens with two attached hydrogens (primary N) is 2. The summed E-state index contributed by atoms with van der Waals surface area (Å²) in [5.74, 6) is -1.40. The first-order valence-corrected chi connectivity index (χ1v) is 6.62. The summed E-state index contributed by atoms with van der Waals surface area (Å²) in [6.07, 6.45) is 3.60. The molecule has 4 N–H and O–H groups in total. The summed E-state index contributed by atoms with van der Waals surface area (Å²) < 4.78 is 0. The molecule has 0 atom stereocenters. The van der Waals surface area contributed by atoms with Crippen molar-refractivity contribution in [2.75, 3.05) is 6.54 Å². The average Bonchev–Trinajstić information content (AvgIpc) is 2.69. The number of rotatable bonds is 8. The lowest BCUT2D eigenvalue weighted by Gasteiger charge is -2.12. The molecule has 1 aliphatic heterocycles. The summed E-state index contributed by atoms with van der Waals surface area (Å²) in [5.41, 5.74) is 10.4. The third-order valence-electron chi connectivity index (χ3n) is 2.78. The molecule has 0 aromatic rings. The number of guanidine groups is 1. The Labute approximate surface area is 117 Å². The van der Waals surface area contributed by atoms with Gasteiger partial charge < -0.3 is 16.3 Å². The van der Waals surface area contributed by atoms with Crippen LogP contribution in [-0.4, -0.2) is 35.4 Å². The van der Waals surface area contributed by atoms with Crippen LogP contribution in [0.3, 0.4) is 0 Å². The number of carbonyl (C=O) groups is 3. The molecule has 0 spiro atoms. The summed E-state index contributed by atoms with van der Waals surface area (Å²) >= 11 is 0. The standard InChI is InChI=1S/C12H20N4O4/c13-12(14)15-8-4-2-1-3-5-11(19)20-16-9(17)6-7-10(16)18/h1-8H2,(H4,13,14,15). The molecule has 1 fully saturated rings. The predicted octanol–water partition coefficient (Wildman–Crippen LogP) is -0.183. The minimum absolute atomic E-state index is 0.0773. The van der Waals surface area contributed by atoms with E-state index in [2.05, 4.69) is 4.99 Å². The van der Waals surface area contributed by atoms with Crippen LogP contribution in [0.4, 0.5) is 0 Å². The number of imide groups is 1. The van der Waals surface area contributed by atoms with Crippen LogP contribution in [0, 0.1) is 0 Å². The first-order chi connectivity index (χ1) is 9.50. The third kappa shape index (κ3) is 5.68. The second kappa shape index (κ2) is 8.13. The van der Waals surface area contributed by atoms with Gasteiger partial charge >= 0.3 is 5.97 Å². The normalized spacial score (nSPS) is 14.5. The van der Waals surface area contributed by atoms with Crippen LogP contribution >= 0.6 is 0 Å². The molecule has 1 heterocycles. The Bertz CT molecular complexity index is 388. The highest BCUT2D eigenvalue weighted by atomic mass is 16.7. The van der Waals surface area contributed by atoms with Crippen molar-refractivity contribution in [1.82, 2.24) is 5.06 Å². The average molecular weight is 284 g/mol. The van der Waals surface area contributed by atoms with E-state index in [1.54, 1.807) is 0 Å². The lowest BCUT2D eigenvalue weighted by atomic mass is 10.1. The number of carbonyl (C=O) groups excluding carboxylic acids is 3. The number of hydrogen-bond acceptors (Lipinski definition) is 5. The van der Waals surface area contributed by atoms with E-state index in [4.69, 9.17) is 16.3 Å². The molecule has 0 aliphatic carbocycles. The van der Waals surface area contributed by atoms with E-state index in [0.717, 1.165) is 19.3 Å². The summed E-state index contributed by atoms with van der Waals surface area (Å²) in [7, 11) is 0. The predicted molar refractivity (Wildman–Crippen MR) is 70.9 cm³/mol. The highest BCUT2D eigenvalue weighted by Crippen LogP contribution is 2.13. The molecule has 0 unspecified atom stereocenters. The van der Waals surface area contributed by atoms with Gasteiger partial charge in [-0.05, 0) is 12.8 Å². The van der Waals surface area contributed by atoms with Crippen molar-refractivity contribution >= 4 is 23.7 Å². The van der Waals surface area contributed by atoms with Gasteiger partial charge in [-0.3, -0.25) is 14.6 Å². The van der Waals surface area contributed by atoms with E-state index < -0.39 is 17.8 Å². The Morgan fingerprint density at radius 2 is 1.70 bits per heavy atom. The molecule has 0 aromatic carbocycles. The molecule has 1 rings (SSSR count). The Hall–Kier alpha value is -2.12. The zero-order chi connectivity index (χ0) is 15.0. The molecular formula is C12H20N4O4. The van der Waals surface area contributed by atoms with Gasteiger partial charge in [0, 0.05) is 25.8 Å². The van der Waals surface area contributed by atoms with Gasteiger partial charge in [0.2, 0.25) is 0 Å². The van der Waals surface area contributed by atoms with Gasteiger partial charge in [0.05, 0.1) is 0 Å². The highest BCUT2D eigenvalue weighted by molar-refractivity contribution is 6.01. The molecule has 0 saturated carbocycles. The zero-order valence-corrected chi connectivity index (χ0v) is 11.3. The smallest absolute Gasteiger partial charge is 0.333 e. The van der Waals surface area contributed by atoms with E-state index in [1.165, 1.54) is 0 Å². The van der Waals surface area contributed by atoms with E-state index in [1.807, 2.05) is 0 Å². The highest BCUT2D eigenvalue weighted by Gasteiger charge is 2.32. The molecule has 0 bridgehead atoms. The van der Waals surface area contributed by atoms with Crippen molar-refractivity contribution in [1.29, 1.82) is 0 Å². The van der Waals surface area contributed by atoms with Gasteiger partial charge in [-0.1, -0.05) is 12.8 Å². The van der Waals surface area contributed by atoms with Crippen molar-refractivity contribution in [2.45, 2.75) is 44.9 Å². The van der Waals surface area contributed by atoms with Crippen LogP contribution in [0.25, 0.3) is 0 Å². The van der Waals surface area contributed by atoms with Crippen LogP contribution in [0.2, 0.25) is 0 Å². The molecule has 20 heavy (non-hydrogen) atoms. The van der Waals surface area contributed by atoms with Crippen molar-refractivity contribution in [2.24, 2.45) is 16.5 Å². The topological polar surface area (TPSA) is 128 Å². The fourth-order valence-corrected chi connectivity index (χ4v) is 1.75. The zero-order valence-electron chi connectivity index (χ0n) is 11.3. The Morgan fingerprint density at radius 1 is 1.10 bits per heavy atom. The number of hydroxylamine groups is 2. The molecule has 0 radical (unpaired) electrons. The summed E-state index contributed by atoms with van der Waals surface area (Å²) in [5, 5.41) is 0.571. The van der Waals surface area contributed by atoms with Crippen LogP contribution < -0.4 is 11.5 Å². The lowest BCUT2D eigenvalue weighted by molar-refractivity contribution is -0.197. The molecule has 8 nitrogen and oxygen atoms in total. The molecule has 112 valence electrons. The van der Waals surface area contributed by atoms with Crippen molar-refractivity contribution in [3.05, 3.63) is 0 Å². The van der Waals surface area contributed by atoms with Gasteiger partial charge in [-0.25, -0.2) is 4.79 Å². The second-order valence-corrected chi connectivity index (χ2v) is 4.52. The summed E-state index contributed by atoms with van der Waals surface area (Å²) in [4.78, 5) is 42.5. The number of hydrogen-bond donors (Lipinski definition) is 2. The molecule has 0 aromatic heterocycles. The molecule has 2 amide bonds. The summed E-state index contributed by atoms with van der Waals surface area (Å²) in [6.45, 7) is 0.573. The van der Waals surface area contributed by atoms with Crippen LogP contribution in [0.15, 0.2) is 4.99 Å². The van der Waals surface area contributed by atoms with E-state index in [9.17, 15) is 14.4 Å². The number of unbranched alkanes of at least 4 members (excludes halogenated alkanes) is 3. The third-order valence-corrected chi connectivity index (χ3v) is 2.78. The molecule has 8 heteroatoms. The number of amides is 2. The van der Waals surface area contributed by atoms with Crippen LogP contribution in [-0.2, 0) is 19.2 Å².